The number of imide groups is 2. The molecule has 6 aromatic rings. The van der Waals surface area contributed by atoms with Gasteiger partial charge in [0.25, 0.3) is 17.4 Å². The second kappa shape index (κ2) is 21.3. The Morgan fingerprint density at radius 2 is 1.63 bits per heavy atom. The summed E-state index contributed by atoms with van der Waals surface area (Å²) >= 11 is 0. The molecule has 3 aromatic carbocycles. The molecular weight excluding hydrogens is 889 g/mol. The molecule has 5 heterocycles. The number of rotatable bonds is 22. The lowest BCUT2D eigenvalue weighted by molar-refractivity contribution is -0.136. The van der Waals surface area contributed by atoms with Crippen LogP contribution in [0.25, 0.3) is 22.0 Å². The Labute approximate surface area is 386 Å². The van der Waals surface area contributed by atoms with E-state index >= 15 is 0 Å². The Bertz CT molecular complexity index is 2930. The van der Waals surface area contributed by atoms with Crippen molar-refractivity contribution >= 4 is 51.8 Å². The summed E-state index contributed by atoms with van der Waals surface area (Å²) in [6, 6.07) is 13.4. The monoisotopic (exact) mass is 935 g/mol. The number of fused-ring (bicyclic) bond motifs is 2. The zero-order valence-corrected chi connectivity index (χ0v) is 36.8. The van der Waals surface area contributed by atoms with E-state index in [1.54, 1.807) is 66.7 Å². The van der Waals surface area contributed by atoms with Crippen LogP contribution in [0.4, 0.5) is 20.2 Å². The van der Waals surface area contributed by atoms with Gasteiger partial charge >= 0.3 is 0 Å². The maximum atomic E-state index is 14.6. The minimum atomic E-state index is -1.04. The van der Waals surface area contributed by atoms with Gasteiger partial charge in [0.15, 0.2) is 11.6 Å². The number of aromatic nitrogens is 5. The predicted molar refractivity (Wildman–Crippen MR) is 241 cm³/mol. The number of aromatic amines is 1. The Balaban J connectivity index is 0.711. The van der Waals surface area contributed by atoms with Crippen LogP contribution >= 0.6 is 0 Å². The van der Waals surface area contributed by atoms with Gasteiger partial charge in [0, 0.05) is 79.0 Å². The molecule has 1 atom stereocenters. The average Bonchev–Trinajstić information content (AvgIpc) is 4.06. The molecule has 0 aliphatic carbocycles. The summed E-state index contributed by atoms with van der Waals surface area (Å²) in [6.07, 6.45) is 6.37. The summed E-state index contributed by atoms with van der Waals surface area (Å²) in [4.78, 5) is 79.9. The summed E-state index contributed by atoms with van der Waals surface area (Å²) in [6.45, 7) is 2.84. The Morgan fingerprint density at radius 3 is 2.43 bits per heavy atom. The maximum absolute atomic E-state index is 14.6. The van der Waals surface area contributed by atoms with Crippen molar-refractivity contribution in [2.24, 2.45) is 7.05 Å². The Kier molecular flexibility index (Phi) is 14.7. The lowest BCUT2D eigenvalue weighted by atomic mass is 10.0. The molecule has 1 saturated heterocycles. The molecule has 3 aromatic heterocycles. The number of benzene rings is 3. The van der Waals surface area contributed by atoms with E-state index in [9.17, 15) is 37.5 Å². The van der Waals surface area contributed by atoms with Crippen LogP contribution in [0.15, 0.2) is 84.0 Å². The van der Waals surface area contributed by atoms with Crippen LogP contribution in [0.2, 0.25) is 0 Å². The highest BCUT2D eigenvalue weighted by atomic mass is 19.1. The molecule has 2 aliphatic rings. The number of nitrogens with zero attached hydrogens (tertiary/aromatic N) is 5. The molecule has 5 amide bonds. The number of pyridine rings is 1. The van der Waals surface area contributed by atoms with Crippen molar-refractivity contribution in [3.63, 3.8) is 0 Å². The second-order valence-electron chi connectivity index (χ2n) is 15.9. The molecule has 19 nitrogen and oxygen atoms in total. The van der Waals surface area contributed by atoms with Crippen molar-refractivity contribution in [1.82, 2.24) is 34.8 Å². The number of carbonyl (C=O) groups excluding carboxylic acids is 5. The fourth-order valence-corrected chi connectivity index (χ4v) is 7.90. The van der Waals surface area contributed by atoms with Crippen molar-refractivity contribution in [3.05, 3.63) is 118 Å². The molecule has 68 heavy (non-hydrogen) atoms. The van der Waals surface area contributed by atoms with Crippen molar-refractivity contribution in [2.75, 3.05) is 56.8 Å². The van der Waals surface area contributed by atoms with Gasteiger partial charge in [-0.2, -0.15) is 0 Å². The lowest BCUT2D eigenvalue weighted by Crippen LogP contribution is -2.54. The zero-order chi connectivity index (χ0) is 47.7. The van der Waals surface area contributed by atoms with E-state index in [1.165, 1.54) is 16.7 Å². The number of carbonyl (C=O) groups is 5. The van der Waals surface area contributed by atoms with E-state index in [2.05, 4.69) is 31.2 Å². The van der Waals surface area contributed by atoms with Crippen LogP contribution in [-0.4, -0.2) is 111 Å². The van der Waals surface area contributed by atoms with Gasteiger partial charge in [-0.1, -0.05) is 11.3 Å². The number of anilines is 2. The zero-order valence-electron chi connectivity index (χ0n) is 36.8. The largest absolute Gasteiger partial charge is 0.454 e. The number of H-pyrrole nitrogens is 1. The van der Waals surface area contributed by atoms with Gasteiger partial charge in [0.05, 0.1) is 63.0 Å². The third-order valence-corrected chi connectivity index (χ3v) is 11.2. The highest BCUT2D eigenvalue weighted by molar-refractivity contribution is 6.25. The minimum Gasteiger partial charge on any atom is -0.454 e. The number of ether oxygens (including phenoxy) is 4. The summed E-state index contributed by atoms with van der Waals surface area (Å²) in [5, 5.41) is 17.2. The van der Waals surface area contributed by atoms with Crippen LogP contribution in [0, 0.1) is 11.6 Å². The first kappa shape index (κ1) is 46.9. The van der Waals surface area contributed by atoms with E-state index in [4.69, 9.17) is 18.9 Å². The first-order valence-corrected chi connectivity index (χ1v) is 21.9. The van der Waals surface area contributed by atoms with Crippen molar-refractivity contribution in [2.45, 2.75) is 44.7 Å². The molecule has 2 aliphatic heterocycles. The molecule has 8 rings (SSSR count). The smallest absolute Gasteiger partial charge is 0.274 e. The quantitative estimate of drug-likeness (QED) is 0.0534. The van der Waals surface area contributed by atoms with E-state index in [0.29, 0.717) is 105 Å². The van der Waals surface area contributed by atoms with E-state index < -0.39 is 41.3 Å². The SMILES string of the molecule is Cn1cc(-c2cc(NC(=O)CCCc3cn(CCOCCOCCOCCNc4cccc5c4C(=O)N(C4CCC(=O)NC4=O)C5=O)nn3)ccc2Oc2ccc(F)cc2F)c2cc[nH]c2c1=O. The van der Waals surface area contributed by atoms with Crippen molar-refractivity contribution in [1.29, 1.82) is 0 Å². The van der Waals surface area contributed by atoms with Crippen molar-refractivity contribution in [3.8, 4) is 22.6 Å². The molecular formula is C47H47F2N9O10. The standard InChI is InChI=1S/C47H47F2N9O10/c1-56-27-34(31-14-15-51-43(31)47(56)64)33-25-29(9-12-38(33)68-39-11-8-28(48)24-35(39)49)52-40(59)7-2-4-30-26-57(55-54-30)17-19-66-21-23-67-22-20-65-18-16-50-36-6-3-5-32-42(36)46(63)58(45(32)62)37-10-13-41(60)53-44(37)61/h3,5-6,8-9,11-12,14-15,24-27,37,50-51H,2,4,7,10,13,16-23H2,1H3,(H,52,59)(H,53,60,61). The van der Waals surface area contributed by atoms with Gasteiger partial charge in [-0.15, -0.1) is 5.10 Å². The van der Waals surface area contributed by atoms with Gasteiger partial charge in [-0.3, -0.25) is 39.0 Å². The average molecular weight is 936 g/mol. The van der Waals surface area contributed by atoms with Crippen LogP contribution in [-0.2, 0) is 48.6 Å². The van der Waals surface area contributed by atoms with Gasteiger partial charge in [-0.05, 0) is 67.8 Å². The van der Waals surface area contributed by atoms with Gasteiger partial charge in [0.1, 0.15) is 23.1 Å². The summed E-state index contributed by atoms with van der Waals surface area (Å²) in [5.41, 5.74) is 3.15. The van der Waals surface area contributed by atoms with Crippen LogP contribution in [0.5, 0.6) is 11.5 Å². The minimum absolute atomic E-state index is 0.0437. The fourth-order valence-electron chi connectivity index (χ4n) is 7.90. The Hall–Kier alpha value is -7.62. The first-order chi connectivity index (χ1) is 32.9. The number of nitrogens with one attached hydrogen (secondary N) is 4. The molecule has 0 saturated carbocycles. The van der Waals surface area contributed by atoms with Gasteiger partial charge in [-0.25, -0.2) is 13.5 Å². The number of aryl methyl sites for hydroxylation is 2. The van der Waals surface area contributed by atoms with Crippen LogP contribution < -0.4 is 26.2 Å². The number of piperidine rings is 1. The first-order valence-electron chi connectivity index (χ1n) is 21.9. The van der Waals surface area contributed by atoms with E-state index in [-0.39, 0.29) is 53.4 Å². The molecule has 0 bridgehead atoms. The topological polar surface area (TPSA) is 230 Å². The maximum Gasteiger partial charge on any atom is 0.274 e. The fraction of sp³-hybridized carbons (Fsp3) is 0.319. The summed E-state index contributed by atoms with van der Waals surface area (Å²) in [5.74, 6) is -4.12. The predicted octanol–water partition coefficient (Wildman–Crippen LogP) is 4.72. The van der Waals surface area contributed by atoms with E-state index in [0.717, 1.165) is 17.0 Å². The molecule has 354 valence electrons. The van der Waals surface area contributed by atoms with Crippen LogP contribution in [0.3, 0.4) is 0 Å². The van der Waals surface area contributed by atoms with Crippen LogP contribution in [0.1, 0.15) is 52.1 Å². The third-order valence-electron chi connectivity index (χ3n) is 11.2. The van der Waals surface area contributed by atoms with Crippen molar-refractivity contribution < 1.29 is 51.7 Å². The second-order valence-corrected chi connectivity index (χ2v) is 15.9. The van der Waals surface area contributed by atoms with E-state index in [1.807, 2.05) is 0 Å². The molecule has 4 N–H and O–H groups in total. The normalized spacial score (nSPS) is 14.7. The molecule has 1 unspecified atom stereocenters. The summed E-state index contributed by atoms with van der Waals surface area (Å²) < 4.78 is 54.1. The third kappa shape index (κ3) is 10.8. The summed E-state index contributed by atoms with van der Waals surface area (Å²) in [7, 11) is 1.60. The molecule has 0 spiro atoms. The highest BCUT2D eigenvalue weighted by Crippen LogP contribution is 2.39. The molecule has 21 heteroatoms. The van der Waals surface area contributed by atoms with Gasteiger partial charge < -0.3 is 39.1 Å². The Morgan fingerprint density at radius 1 is 0.853 bits per heavy atom. The molecule has 1 fully saturated rings. The highest BCUT2D eigenvalue weighted by Gasteiger charge is 2.45. The molecule has 0 radical (unpaired) electrons. The van der Waals surface area contributed by atoms with Gasteiger partial charge in [0.2, 0.25) is 17.7 Å². The number of amides is 5. The number of hydrogen-bond acceptors (Lipinski definition) is 13. The number of hydrogen-bond donors (Lipinski definition) is 4. The lowest BCUT2D eigenvalue weighted by Gasteiger charge is -2.27. The number of halogens is 2.